The lowest BCUT2D eigenvalue weighted by Crippen LogP contribution is -2.35. The maximum absolute atomic E-state index is 12.4. The lowest BCUT2D eigenvalue weighted by atomic mass is 9.89. The van der Waals surface area contributed by atoms with Crippen LogP contribution < -0.4 is 0 Å². The Bertz CT molecular complexity index is 902. The van der Waals surface area contributed by atoms with Crippen molar-refractivity contribution in [3.63, 3.8) is 0 Å². The van der Waals surface area contributed by atoms with Crippen LogP contribution in [0.2, 0.25) is 0 Å². The number of carbonyl (C=O) groups excluding carboxylic acids is 2. The van der Waals surface area contributed by atoms with E-state index in [0.717, 1.165) is 77.4 Å². The highest BCUT2D eigenvalue weighted by Crippen LogP contribution is 2.35. The monoisotopic (exact) mass is 778 g/mol. The first-order chi connectivity index (χ1) is 26.4. The number of unbranched alkanes of at least 4 members (excludes halogenated alkanes) is 12. The van der Waals surface area contributed by atoms with E-state index in [1.54, 1.807) is 0 Å². The lowest BCUT2D eigenvalue weighted by molar-refractivity contribution is -0.180. The van der Waals surface area contributed by atoms with Crippen molar-refractivity contribution >= 4 is 11.9 Å². The molecule has 3 atom stereocenters. The van der Waals surface area contributed by atoms with E-state index < -0.39 is 5.79 Å². The van der Waals surface area contributed by atoms with E-state index in [9.17, 15) is 9.59 Å². The van der Waals surface area contributed by atoms with Gasteiger partial charge in [-0.3, -0.25) is 9.59 Å². The van der Waals surface area contributed by atoms with Crippen LogP contribution in [0.15, 0.2) is 0 Å². The highest BCUT2D eigenvalue weighted by atomic mass is 16.7. The summed E-state index contributed by atoms with van der Waals surface area (Å²) in [6, 6.07) is 0. The van der Waals surface area contributed by atoms with Crippen LogP contribution in [-0.2, 0) is 28.5 Å². The number of hydrogen-bond donors (Lipinski definition) is 0. The second-order valence-electron chi connectivity index (χ2n) is 19.2. The number of ether oxygens (including phenoxy) is 4. The molecule has 0 aromatic heterocycles. The molecule has 0 aromatic carbocycles. The minimum Gasteiger partial charge on any atom is -0.465 e. The molecule has 324 valence electrons. The molecule has 7 nitrogen and oxygen atoms in total. The van der Waals surface area contributed by atoms with Gasteiger partial charge in [0.05, 0.1) is 25.9 Å². The van der Waals surface area contributed by atoms with Gasteiger partial charge in [0.2, 0.25) is 0 Å². The second-order valence-corrected chi connectivity index (χ2v) is 19.2. The van der Waals surface area contributed by atoms with Crippen molar-refractivity contribution < 1.29 is 28.5 Å². The van der Waals surface area contributed by atoms with Crippen molar-refractivity contribution in [1.29, 1.82) is 0 Å². The van der Waals surface area contributed by atoms with Crippen LogP contribution in [0.25, 0.3) is 0 Å². The topological polar surface area (TPSA) is 74.3 Å². The van der Waals surface area contributed by atoms with Gasteiger partial charge in [0, 0.05) is 32.2 Å². The van der Waals surface area contributed by atoms with Crippen LogP contribution >= 0.6 is 0 Å². The number of likely N-dealkylation sites (tertiary alicyclic amines) is 1. The lowest BCUT2D eigenvalue weighted by Gasteiger charge is -2.29. The van der Waals surface area contributed by atoms with Gasteiger partial charge in [0.15, 0.2) is 5.79 Å². The van der Waals surface area contributed by atoms with Crippen molar-refractivity contribution in [2.45, 2.75) is 221 Å². The zero-order valence-corrected chi connectivity index (χ0v) is 37.7. The fourth-order valence-corrected chi connectivity index (χ4v) is 8.30. The number of esters is 2. The Morgan fingerprint density at radius 2 is 0.982 bits per heavy atom. The van der Waals surface area contributed by atoms with Gasteiger partial charge in [-0.15, -0.1) is 0 Å². The molecule has 2 saturated heterocycles. The van der Waals surface area contributed by atoms with E-state index in [4.69, 9.17) is 18.9 Å². The van der Waals surface area contributed by atoms with Gasteiger partial charge in [0.1, 0.15) is 0 Å². The predicted octanol–water partition coefficient (Wildman–Crippen LogP) is 12.7. The fourth-order valence-electron chi connectivity index (χ4n) is 8.30. The summed E-state index contributed by atoms with van der Waals surface area (Å²) in [5, 5.41) is 0. The van der Waals surface area contributed by atoms with Gasteiger partial charge in [-0.25, -0.2) is 0 Å². The first-order valence-corrected chi connectivity index (χ1v) is 23.7. The number of hydrogen-bond acceptors (Lipinski definition) is 7. The van der Waals surface area contributed by atoms with Crippen LogP contribution in [0.3, 0.4) is 0 Å². The van der Waals surface area contributed by atoms with E-state index >= 15 is 0 Å². The molecule has 2 aliphatic heterocycles. The third-order valence-electron chi connectivity index (χ3n) is 12.5. The Morgan fingerprint density at radius 1 is 0.582 bits per heavy atom. The van der Waals surface area contributed by atoms with E-state index in [0.29, 0.717) is 61.6 Å². The fraction of sp³-hybridized carbons (Fsp3) is 0.958. The molecule has 0 bridgehead atoms. The normalized spacial score (nSPS) is 20.3. The SMILES string of the molecule is CC(C)CCC(COC(=O)CCCCCCCCCC1(CCCCCCCCCC(=O)OCC(CCC(C)C)C(C)C)OCC(CN2CCCC2)O1)C(C)C. The Morgan fingerprint density at radius 3 is 1.38 bits per heavy atom. The Hall–Kier alpha value is -1.18. The van der Waals surface area contributed by atoms with Gasteiger partial charge >= 0.3 is 11.9 Å². The summed E-state index contributed by atoms with van der Waals surface area (Å²) in [6.45, 7) is 23.3. The molecule has 0 aromatic rings. The van der Waals surface area contributed by atoms with Gasteiger partial charge in [-0.2, -0.15) is 0 Å². The van der Waals surface area contributed by atoms with Gasteiger partial charge < -0.3 is 23.8 Å². The van der Waals surface area contributed by atoms with Crippen molar-refractivity contribution in [2.24, 2.45) is 35.5 Å². The quantitative estimate of drug-likeness (QED) is 0.0476. The molecular weight excluding hydrogens is 687 g/mol. The van der Waals surface area contributed by atoms with Gasteiger partial charge in [0.25, 0.3) is 0 Å². The van der Waals surface area contributed by atoms with Crippen LogP contribution in [-0.4, -0.2) is 68.2 Å². The molecule has 0 N–H and O–H groups in total. The molecule has 3 unspecified atom stereocenters. The summed E-state index contributed by atoms with van der Waals surface area (Å²) in [6.07, 6.45) is 26.7. The molecule has 0 amide bonds. The molecule has 2 fully saturated rings. The standard InChI is InChI=1S/C48H91NO6/c1-39(2)27-29-43(41(5)6)36-52-46(50)25-19-15-11-9-13-17-21-31-48(54-38-45(55-48)35-49-33-23-24-34-49)32-22-18-14-10-12-16-20-26-47(51)53-37-44(42(7)8)30-28-40(3)4/h39-45H,9-38H2,1-8H3. The second kappa shape index (κ2) is 29.9. The molecule has 0 aliphatic carbocycles. The van der Waals surface area contributed by atoms with Crippen molar-refractivity contribution in [1.82, 2.24) is 4.90 Å². The molecule has 2 aliphatic rings. The number of rotatable bonds is 34. The summed E-state index contributed by atoms with van der Waals surface area (Å²) >= 11 is 0. The average Bonchev–Trinajstić information content (AvgIpc) is 3.80. The molecule has 7 heteroatoms. The van der Waals surface area contributed by atoms with Crippen LogP contribution in [0, 0.1) is 35.5 Å². The van der Waals surface area contributed by atoms with E-state index in [1.807, 2.05) is 0 Å². The molecule has 0 saturated carbocycles. The van der Waals surface area contributed by atoms with Crippen LogP contribution in [0.5, 0.6) is 0 Å². The average molecular weight is 778 g/mol. The largest absolute Gasteiger partial charge is 0.465 e. The molecule has 55 heavy (non-hydrogen) atoms. The minimum absolute atomic E-state index is 0.0167. The summed E-state index contributed by atoms with van der Waals surface area (Å²) < 4.78 is 24.7. The number of nitrogens with zero attached hydrogens (tertiary/aromatic N) is 1. The predicted molar refractivity (Wildman–Crippen MR) is 229 cm³/mol. The zero-order chi connectivity index (χ0) is 40.3. The Labute approximate surface area is 340 Å². The maximum Gasteiger partial charge on any atom is 0.305 e. The van der Waals surface area contributed by atoms with E-state index in [1.165, 1.54) is 90.1 Å². The van der Waals surface area contributed by atoms with Crippen LogP contribution in [0.4, 0.5) is 0 Å². The highest BCUT2D eigenvalue weighted by molar-refractivity contribution is 5.69. The summed E-state index contributed by atoms with van der Waals surface area (Å²) in [7, 11) is 0. The minimum atomic E-state index is -0.405. The molecule has 0 radical (unpaired) electrons. The molecule has 2 heterocycles. The summed E-state index contributed by atoms with van der Waals surface area (Å²) in [5.74, 6) is 3.00. The third-order valence-corrected chi connectivity index (χ3v) is 12.5. The van der Waals surface area contributed by atoms with E-state index in [-0.39, 0.29) is 18.0 Å². The van der Waals surface area contributed by atoms with Crippen molar-refractivity contribution in [2.75, 3.05) is 39.5 Å². The van der Waals surface area contributed by atoms with Crippen molar-refractivity contribution in [3.8, 4) is 0 Å². The first-order valence-electron chi connectivity index (χ1n) is 23.7. The smallest absolute Gasteiger partial charge is 0.305 e. The zero-order valence-electron chi connectivity index (χ0n) is 37.7. The molecule has 0 spiro atoms. The summed E-state index contributed by atoms with van der Waals surface area (Å²) in [4.78, 5) is 27.3. The van der Waals surface area contributed by atoms with E-state index in [2.05, 4.69) is 60.3 Å². The Kier molecular flexibility index (Phi) is 27.2. The van der Waals surface area contributed by atoms with Crippen LogP contribution in [0.1, 0.15) is 209 Å². The third kappa shape index (κ3) is 24.4. The molecule has 2 rings (SSSR count). The summed E-state index contributed by atoms with van der Waals surface area (Å²) in [5.41, 5.74) is 0. The molecular formula is C48H91NO6. The van der Waals surface area contributed by atoms with Crippen molar-refractivity contribution in [3.05, 3.63) is 0 Å². The maximum atomic E-state index is 12.4. The van der Waals surface area contributed by atoms with Gasteiger partial charge in [-0.05, 0) is 100.0 Å². The number of carbonyl (C=O) groups is 2. The van der Waals surface area contributed by atoms with Gasteiger partial charge in [-0.1, -0.05) is 132 Å². The highest BCUT2D eigenvalue weighted by Gasteiger charge is 2.41. The first kappa shape index (κ1) is 50.0. The Balaban J connectivity index is 1.58.